The number of nitrogens with zero attached hydrogens (tertiary/aromatic N) is 6. The van der Waals surface area contributed by atoms with E-state index in [0.29, 0.717) is 10.9 Å². The maximum Gasteiger partial charge on any atom is 0.138 e. The van der Waals surface area contributed by atoms with Crippen molar-refractivity contribution in [3.8, 4) is 22.5 Å². The Labute approximate surface area is 428 Å². The summed E-state index contributed by atoms with van der Waals surface area (Å²) in [6.07, 6.45) is 10.1. The monoisotopic (exact) mass is 962 g/mol. The molecule has 0 amide bonds. The number of benzene rings is 6. The molecule has 2 unspecified atom stereocenters. The number of rotatable bonds is 15. The topological polar surface area (TPSA) is 87.6 Å². The third kappa shape index (κ3) is 10.6. The second-order valence-electron chi connectivity index (χ2n) is 18.0. The number of likely N-dealkylation sites (N-methyl/N-ethyl adjacent to an activating group) is 1. The lowest BCUT2D eigenvalue weighted by atomic mass is 9.77. The van der Waals surface area contributed by atoms with Crippen LogP contribution in [0.1, 0.15) is 74.8 Å². The van der Waals surface area contributed by atoms with Crippen LogP contribution in [0.25, 0.3) is 28.1 Å². The highest BCUT2D eigenvalue weighted by molar-refractivity contribution is 6.30. The Morgan fingerprint density at radius 2 is 1.12 bits per heavy atom. The maximum absolute atomic E-state index is 6.30. The summed E-state index contributed by atoms with van der Waals surface area (Å²) in [5, 5.41) is 16.2. The van der Waals surface area contributed by atoms with E-state index < -0.39 is 5.54 Å². The molecule has 4 aromatic heterocycles. The van der Waals surface area contributed by atoms with E-state index in [9.17, 15) is 0 Å². The first-order valence-corrected chi connectivity index (χ1v) is 24.7. The zero-order chi connectivity index (χ0) is 49.9. The molecule has 2 atom stereocenters. The molecule has 10 rings (SSSR count). The summed E-state index contributed by atoms with van der Waals surface area (Å²) in [7, 11) is 4.10. The van der Waals surface area contributed by atoms with Crippen molar-refractivity contribution in [2.75, 3.05) is 20.6 Å². The summed E-state index contributed by atoms with van der Waals surface area (Å²) < 4.78 is 2.12. The van der Waals surface area contributed by atoms with E-state index in [1.165, 1.54) is 16.7 Å². The second kappa shape index (κ2) is 22.7. The van der Waals surface area contributed by atoms with Gasteiger partial charge in [-0.3, -0.25) is 19.7 Å². The molecule has 0 aliphatic carbocycles. The number of hydrogen-bond acceptors (Lipinski definition) is 6. The fraction of sp³-hybridized carbons (Fsp3) is 0.143. The average Bonchev–Trinajstić information content (AvgIpc) is 4.06. The van der Waals surface area contributed by atoms with E-state index in [1.807, 2.05) is 50.8 Å². The van der Waals surface area contributed by atoms with Crippen molar-refractivity contribution in [1.82, 2.24) is 40.2 Å². The smallest absolute Gasteiger partial charge is 0.138 e. The third-order valence-electron chi connectivity index (χ3n) is 13.5. The molecule has 10 aromatic rings. The Balaban J connectivity index is 0.000000242. The van der Waals surface area contributed by atoms with Crippen molar-refractivity contribution in [2.45, 2.75) is 38.3 Å². The van der Waals surface area contributed by atoms with Gasteiger partial charge >= 0.3 is 0 Å². The molecule has 2 N–H and O–H groups in total. The summed E-state index contributed by atoms with van der Waals surface area (Å²) in [6.45, 7) is 7.17. The summed E-state index contributed by atoms with van der Waals surface area (Å²) >= 11 is 6.30. The van der Waals surface area contributed by atoms with Gasteiger partial charge in [-0.25, -0.2) is 0 Å². The molecule has 8 nitrogen and oxygen atoms in total. The Morgan fingerprint density at radius 3 is 1.62 bits per heavy atom. The van der Waals surface area contributed by atoms with Gasteiger partial charge < -0.3 is 10.2 Å². The van der Waals surface area contributed by atoms with Crippen molar-refractivity contribution in [3.63, 3.8) is 0 Å². The van der Waals surface area contributed by atoms with Gasteiger partial charge in [0.25, 0.3) is 0 Å². The van der Waals surface area contributed by atoms with Gasteiger partial charge in [-0.05, 0) is 91.0 Å². The Hall–Kier alpha value is -8.17. The zero-order valence-electron chi connectivity index (χ0n) is 41.4. The molecule has 0 fully saturated rings. The number of aromatic amines is 1. The van der Waals surface area contributed by atoms with Crippen LogP contribution in [-0.4, -0.2) is 55.5 Å². The highest BCUT2D eigenvalue weighted by Gasteiger charge is 2.40. The zero-order valence-corrected chi connectivity index (χ0v) is 42.1. The number of pyridine rings is 2. The third-order valence-corrected chi connectivity index (χ3v) is 13.7. The average molecular weight is 964 g/mol. The molecular weight excluding hydrogens is 904 g/mol. The predicted molar refractivity (Wildman–Crippen MR) is 295 cm³/mol. The lowest BCUT2D eigenvalue weighted by molar-refractivity contribution is 0.362. The van der Waals surface area contributed by atoms with Crippen molar-refractivity contribution in [2.24, 2.45) is 0 Å². The normalized spacial score (nSPS) is 12.4. The minimum atomic E-state index is -0.697. The lowest BCUT2D eigenvalue weighted by Crippen LogP contribution is -2.38. The highest BCUT2D eigenvalue weighted by Crippen LogP contribution is 2.42. The van der Waals surface area contributed by atoms with E-state index in [4.69, 9.17) is 21.7 Å². The molecule has 0 radical (unpaired) electrons. The predicted octanol–water partition coefficient (Wildman–Crippen LogP) is 14.0. The maximum atomic E-state index is 6.30. The lowest BCUT2D eigenvalue weighted by Gasteiger charge is -2.36. The summed E-state index contributed by atoms with van der Waals surface area (Å²) in [6, 6.07) is 69.6. The number of aromatic nitrogens is 6. The van der Waals surface area contributed by atoms with Gasteiger partial charge in [0.1, 0.15) is 5.54 Å². The minimum absolute atomic E-state index is 0.179. The van der Waals surface area contributed by atoms with E-state index in [-0.39, 0.29) is 6.04 Å². The molecular formula is C63H59ClN8. The molecule has 9 heteroatoms. The van der Waals surface area contributed by atoms with Crippen molar-refractivity contribution < 1.29 is 0 Å². The Kier molecular flexibility index (Phi) is 15.4. The SMILES string of the molecule is CNCC(c1ccccc1)c1ccc(-c2cn[nH]c2C)nc1.Cc1nn(C(c2ccccc2)(c2ccccc2)c2ccccc2)cc1-c1ccc(/C(=C\N(C)C(C)c2ccccc2)c2ccc(Cl)cc2)cn1. The van der Waals surface area contributed by atoms with E-state index in [1.54, 1.807) is 0 Å². The summed E-state index contributed by atoms with van der Waals surface area (Å²) in [5.74, 6) is 0.304. The molecule has 0 saturated heterocycles. The second-order valence-corrected chi connectivity index (χ2v) is 18.5. The number of hydrogen-bond donors (Lipinski definition) is 2. The Bertz CT molecular complexity index is 3190. The first-order chi connectivity index (χ1) is 35.2. The van der Waals surface area contributed by atoms with Crippen molar-refractivity contribution in [3.05, 3.63) is 292 Å². The molecule has 6 aromatic carbocycles. The molecule has 0 spiro atoms. The van der Waals surface area contributed by atoms with Crippen LogP contribution < -0.4 is 5.32 Å². The number of aryl methyl sites for hydroxylation is 2. The van der Waals surface area contributed by atoms with Crippen molar-refractivity contribution in [1.29, 1.82) is 0 Å². The molecule has 4 heterocycles. The quantitative estimate of drug-likeness (QED) is 0.0996. The minimum Gasteiger partial charge on any atom is -0.373 e. The molecule has 0 bridgehead atoms. The van der Waals surface area contributed by atoms with Crippen LogP contribution in [0.3, 0.4) is 0 Å². The van der Waals surface area contributed by atoms with Crippen LogP contribution >= 0.6 is 11.6 Å². The fourth-order valence-electron chi connectivity index (χ4n) is 9.46. The molecule has 0 saturated carbocycles. The summed E-state index contributed by atoms with van der Waals surface area (Å²) in [4.78, 5) is 11.9. The van der Waals surface area contributed by atoms with Crippen molar-refractivity contribution >= 4 is 17.2 Å². The summed E-state index contributed by atoms with van der Waals surface area (Å²) in [5.41, 5.74) is 15.4. The van der Waals surface area contributed by atoms with Gasteiger partial charge in [-0.2, -0.15) is 10.2 Å². The fourth-order valence-corrected chi connectivity index (χ4v) is 9.58. The first-order valence-electron chi connectivity index (χ1n) is 24.3. The molecule has 0 aliphatic rings. The van der Waals surface area contributed by atoms with Gasteiger partial charge in [0.15, 0.2) is 0 Å². The first kappa shape index (κ1) is 48.8. The van der Waals surface area contributed by atoms with Crippen LogP contribution in [0.2, 0.25) is 5.02 Å². The largest absolute Gasteiger partial charge is 0.373 e. The van der Waals surface area contributed by atoms with Gasteiger partial charge in [0.05, 0.1) is 29.3 Å². The number of halogens is 1. The van der Waals surface area contributed by atoms with E-state index in [0.717, 1.165) is 73.8 Å². The number of H-pyrrole nitrogens is 1. The highest BCUT2D eigenvalue weighted by atomic mass is 35.5. The standard InChI is InChI=1S/C45H39ClN4.C18H20N4/c1-33-42(32-50(48-33)45(38-18-10-5-11-19-38,39-20-12-6-13-21-39)40-22-14-7-15-23-40)44-29-26-37(30-47-44)43(36-24-27-41(46)28-25-36)31-49(3)34(2)35-16-8-4-9-17-35;1-13-16(12-21-22-13)18-9-8-15(10-20-18)17(11-19-2)14-6-4-3-5-7-14/h4-32,34H,1-3H3;3-10,12,17,19H,11H2,1-2H3,(H,21,22)/b43-31-;. The Morgan fingerprint density at radius 1 is 0.611 bits per heavy atom. The molecule has 0 aliphatic heterocycles. The van der Waals surface area contributed by atoms with Crippen LogP contribution in [0.4, 0.5) is 0 Å². The van der Waals surface area contributed by atoms with E-state index in [2.05, 4.69) is 245 Å². The van der Waals surface area contributed by atoms with Crippen LogP contribution in [0, 0.1) is 13.8 Å². The van der Waals surface area contributed by atoms with Gasteiger partial charge in [-0.15, -0.1) is 0 Å². The molecule has 72 heavy (non-hydrogen) atoms. The van der Waals surface area contributed by atoms with Gasteiger partial charge in [-0.1, -0.05) is 188 Å². The van der Waals surface area contributed by atoms with Gasteiger partial charge in [0.2, 0.25) is 0 Å². The van der Waals surface area contributed by atoms with Crippen LogP contribution in [0.15, 0.2) is 231 Å². The molecule has 358 valence electrons. The van der Waals surface area contributed by atoms with Gasteiger partial charge in [0, 0.05) is 77.3 Å². The van der Waals surface area contributed by atoms with Crippen LogP contribution in [0.5, 0.6) is 0 Å². The van der Waals surface area contributed by atoms with Crippen LogP contribution in [-0.2, 0) is 5.54 Å². The van der Waals surface area contributed by atoms with E-state index >= 15 is 0 Å². The number of nitrogens with one attached hydrogen (secondary N) is 2.